The largest absolute Gasteiger partial charge is 0.393 e. The molecule has 1 aromatic carbocycles. The normalized spacial score (nSPS) is 44.7. The minimum atomic E-state index is -0.382. The van der Waals surface area contributed by atoms with Crippen molar-refractivity contribution < 1.29 is 28.7 Å². The van der Waals surface area contributed by atoms with Crippen LogP contribution in [0.1, 0.15) is 65.2 Å². The third-order valence-corrected chi connectivity index (χ3v) is 8.18. The predicted octanol–water partition coefficient (Wildman–Crippen LogP) is 1.88. The average molecular weight is 364 g/mol. The van der Waals surface area contributed by atoms with Gasteiger partial charge in [-0.05, 0) is 65.2 Å². The molecule has 0 radical (unpaired) electrons. The molecule has 8 rings (SSSR count). The number of rotatable bonds is 0. The molecule has 7 aliphatic rings. The molecule has 8 unspecified atom stereocenters. The van der Waals surface area contributed by atoms with Crippen molar-refractivity contribution in [1.82, 2.24) is 0 Å². The van der Waals surface area contributed by atoms with Crippen molar-refractivity contribution in [3.8, 4) is 0 Å². The van der Waals surface area contributed by atoms with Gasteiger partial charge in [0.05, 0.1) is 23.7 Å². The molecule has 8 atom stereocenters. The number of esters is 4. The van der Waals surface area contributed by atoms with Crippen LogP contribution in [-0.2, 0) is 28.7 Å². The Morgan fingerprint density at radius 1 is 0.556 bits per heavy atom. The van der Waals surface area contributed by atoms with Crippen LogP contribution in [0.5, 0.6) is 0 Å². The smallest absolute Gasteiger partial charge is 0.318 e. The van der Waals surface area contributed by atoms with E-state index in [1.54, 1.807) is 0 Å². The number of benzene rings is 1. The molecule has 2 saturated heterocycles. The highest BCUT2D eigenvalue weighted by atomic mass is 16.6. The van der Waals surface area contributed by atoms with Gasteiger partial charge in [0.1, 0.15) is 0 Å². The van der Waals surface area contributed by atoms with Crippen LogP contribution in [0.15, 0.2) is 12.1 Å². The van der Waals surface area contributed by atoms with Crippen LogP contribution in [0.4, 0.5) is 0 Å². The zero-order valence-corrected chi connectivity index (χ0v) is 14.3. The standard InChI is InChI=1S/C21H16O6/c22-18-14-6-1-2-7(15(14)19(23)26-18)9-4-11-10(3-8(6)9)12-5-13(11)17-16(12)20(24)27-21(17)25/h3-4,6-7,12-17H,1-2,5H2. The fourth-order valence-corrected chi connectivity index (χ4v) is 7.29. The lowest BCUT2D eigenvalue weighted by molar-refractivity contribution is -0.156. The third-order valence-electron chi connectivity index (χ3n) is 8.18. The van der Waals surface area contributed by atoms with Crippen LogP contribution < -0.4 is 0 Å². The van der Waals surface area contributed by atoms with E-state index in [0.29, 0.717) is 0 Å². The van der Waals surface area contributed by atoms with Gasteiger partial charge in [-0.2, -0.15) is 0 Å². The Labute approximate surface area is 154 Å². The molecule has 4 fully saturated rings. The highest BCUT2D eigenvalue weighted by molar-refractivity contribution is 6.00. The van der Waals surface area contributed by atoms with E-state index in [1.807, 2.05) is 0 Å². The average Bonchev–Trinajstić information content (AvgIpc) is 3.37. The number of ether oxygens (including phenoxy) is 2. The third kappa shape index (κ3) is 1.45. The van der Waals surface area contributed by atoms with Gasteiger partial charge in [0.25, 0.3) is 0 Å². The molecular weight excluding hydrogens is 348 g/mol. The minimum absolute atomic E-state index is 0.0198. The number of carbonyl (C=O) groups is 4. The van der Waals surface area contributed by atoms with Crippen molar-refractivity contribution in [2.45, 2.75) is 42.9 Å². The summed E-state index contributed by atoms with van der Waals surface area (Å²) in [5, 5.41) is 0. The van der Waals surface area contributed by atoms with Gasteiger partial charge in [0.15, 0.2) is 0 Å². The fourth-order valence-electron chi connectivity index (χ4n) is 7.29. The Morgan fingerprint density at radius 2 is 0.889 bits per heavy atom. The summed E-state index contributed by atoms with van der Waals surface area (Å²) in [5.74, 6) is -2.82. The molecule has 0 spiro atoms. The summed E-state index contributed by atoms with van der Waals surface area (Å²) in [4.78, 5) is 48.9. The van der Waals surface area contributed by atoms with Gasteiger partial charge in [-0.1, -0.05) is 12.1 Å². The zero-order valence-electron chi connectivity index (χ0n) is 14.3. The van der Waals surface area contributed by atoms with Crippen molar-refractivity contribution in [3.63, 3.8) is 0 Å². The SMILES string of the molecule is O=C1OC(=O)C2C3CCC(c4cc5c(cc43)C3CC5C4C(=O)OC(=O)C34)C12. The lowest BCUT2D eigenvalue weighted by atomic mass is 9.56. The highest BCUT2D eigenvalue weighted by Crippen LogP contribution is 2.65. The number of hydrogen-bond acceptors (Lipinski definition) is 6. The van der Waals surface area contributed by atoms with Crippen molar-refractivity contribution in [2.75, 3.05) is 0 Å². The van der Waals surface area contributed by atoms with Gasteiger partial charge in [-0.15, -0.1) is 0 Å². The summed E-state index contributed by atoms with van der Waals surface area (Å²) >= 11 is 0. The van der Waals surface area contributed by atoms with Gasteiger partial charge in [0.2, 0.25) is 0 Å². The van der Waals surface area contributed by atoms with Crippen molar-refractivity contribution in [2.24, 2.45) is 23.7 Å². The fraction of sp³-hybridized carbons (Fsp3) is 0.524. The molecular formula is C21H16O6. The lowest BCUT2D eigenvalue weighted by Crippen LogP contribution is -2.40. The second-order valence-electron chi connectivity index (χ2n) is 8.93. The monoisotopic (exact) mass is 364 g/mol. The first-order valence-corrected chi connectivity index (χ1v) is 9.73. The van der Waals surface area contributed by atoms with Crippen molar-refractivity contribution >= 4 is 23.9 Å². The van der Waals surface area contributed by atoms with E-state index in [2.05, 4.69) is 12.1 Å². The second kappa shape index (κ2) is 4.32. The lowest BCUT2D eigenvalue weighted by Gasteiger charge is -2.44. The summed E-state index contributed by atoms with van der Waals surface area (Å²) < 4.78 is 9.91. The summed E-state index contributed by atoms with van der Waals surface area (Å²) in [7, 11) is 0. The number of fused-ring (bicyclic) bond motifs is 9. The zero-order chi connectivity index (χ0) is 18.2. The van der Waals surface area contributed by atoms with Crippen LogP contribution in [0.25, 0.3) is 0 Å². The molecule has 4 bridgehead atoms. The van der Waals surface area contributed by atoms with E-state index in [1.165, 1.54) is 0 Å². The highest BCUT2D eigenvalue weighted by Gasteiger charge is 2.63. The van der Waals surface area contributed by atoms with Gasteiger partial charge in [-0.25, -0.2) is 0 Å². The Hall–Kier alpha value is -2.50. The van der Waals surface area contributed by atoms with E-state index in [4.69, 9.17) is 9.47 Å². The summed E-state index contributed by atoms with van der Waals surface area (Å²) in [5.41, 5.74) is 4.60. The van der Waals surface area contributed by atoms with Gasteiger partial charge in [-0.3, -0.25) is 19.2 Å². The summed E-state index contributed by atoms with van der Waals surface area (Å²) in [6, 6.07) is 4.34. The Balaban J connectivity index is 1.41. The van der Waals surface area contributed by atoms with E-state index in [0.717, 1.165) is 41.5 Å². The first-order chi connectivity index (χ1) is 13.0. The Morgan fingerprint density at radius 3 is 1.30 bits per heavy atom. The molecule has 0 aromatic heterocycles. The number of carbonyl (C=O) groups excluding carboxylic acids is 4. The van der Waals surface area contributed by atoms with Crippen LogP contribution in [0.3, 0.4) is 0 Å². The minimum Gasteiger partial charge on any atom is -0.393 e. The predicted molar refractivity (Wildman–Crippen MR) is 87.4 cm³/mol. The summed E-state index contributed by atoms with van der Waals surface area (Å²) in [6.07, 6.45) is 2.60. The Bertz CT molecular complexity index is 931. The molecule has 2 aliphatic heterocycles. The molecule has 6 nitrogen and oxygen atoms in total. The van der Waals surface area contributed by atoms with Gasteiger partial charge < -0.3 is 9.47 Å². The van der Waals surface area contributed by atoms with E-state index in [-0.39, 0.29) is 71.2 Å². The van der Waals surface area contributed by atoms with Crippen LogP contribution in [-0.4, -0.2) is 23.9 Å². The maximum absolute atomic E-state index is 12.3. The van der Waals surface area contributed by atoms with Gasteiger partial charge >= 0.3 is 23.9 Å². The summed E-state index contributed by atoms with van der Waals surface area (Å²) in [6.45, 7) is 0. The molecule has 1 aromatic rings. The second-order valence-corrected chi connectivity index (χ2v) is 8.93. The van der Waals surface area contributed by atoms with Crippen LogP contribution >= 0.6 is 0 Å². The quantitative estimate of drug-likeness (QED) is 0.516. The van der Waals surface area contributed by atoms with Gasteiger partial charge in [0, 0.05) is 0 Å². The molecule has 2 saturated carbocycles. The molecule has 0 N–H and O–H groups in total. The molecule has 5 aliphatic carbocycles. The Kier molecular flexibility index (Phi) is 2.33. The first-order valence-electron chi connectivity index (χ1n) is 9.73. The first kappa shape index (κ1) is 14.5. The van der Waals surface area contributed by atoms with E-state index in [9.17, 15) is 19.2 Å². The number of hydrogen-bond donors (Lipinski definition) is 0. The maximum Gasteiger partial charge on any atom is 0.318 e. The van der Waals surface area contributed by atoms with Crippen molar-refractivity contribution in [1.29, 1.82) is 0 Å². The topological polar surface area (TPSA) is 86.7 Å². The van der Waals surface area contributed by atoms with Crippen LogP contribution in [0, 0.1) is 23.7 Å². The molecule has 2 heterocycles. The molecule has 136 valence electrons. The molecule has 27 heavy (non-hydrogen) atoms. The molecule has 6 heteroatoms. The van der Waals surface area contributed by atoms with Crippen molar-refractivity contribution in [3.05, 3.63) is 34.4 Å². The molecule has 0 amide bonds. The maximum atomic E-state index is 12.3. The van der Waals surface area contributed by atoms with E-state index >= 15 is 0 Å². The number of cyclic esters (lactones) is 4. The van der Waals surface area contributed by atoms with E-state index < -0.39 is 0 Å². The van der Waals surface area contributed by atoms with Crippen LogP contribution in [0.2, 0.25) is 0 Å².